The van der Waals surface area contributed by atoms with Gasteiger partial charge in [-0.3, -0.25) is 0 Å². The third-order valence-corrected chi connectivity index (χ3v) is 5.19. The molecule has 2 atom stereocenters. The average Bonchev–Trinajstić information content (AvgIpc) is 3.07. The number of rotatable bonds is 4. The Bertz CT molecular complexity index is 970. The average molecular weight is 362 g/mol. The first kappa shape index (κ1) is 17.5. The van der Waals surface area contributed by atoms with Crippen LogP contribution in [-0.2, 0) is 0 Å². The highest BCUT2D eigenvalue weighted by molar-refractivity contribution is 5.90. The SMILES string of the molecule is Cc1nc(N[C@@H](C)c2cccc(N)c2)c2cc(N3CC[C@@H](C)C3)ncc2n1. The van der Waals surface area contributed by atoms with Gasteiger partial charge in [-0.05, 0) is 49.9 Å². The van der Waals surface area contributed by atoms with E-state index in [4.69, 9.17) is 5.73 Å². The van der Waals surface area contributed by atoms with Gasteiger partial charge in [0.15, 0.2) is 0 Å². The molecule has 1 aliphatic heterocycles. The minimum atomic E-state index is 0.0782. The maximum absolute atomic E-state index is 5.94. The minimum absolute atomic E-state index is 0.0782. The summed E-state index contributed by atoms with van der Waals surface area (Å²) in [6.45, 7) is 8.41. The van der Waals surface area contributed by atoms with Crippen LogP contribution in [0.3, 0.4) is 0 Å². The fourth-order valence-electron chi connectivity index (χ4n) is 3.68. The number of nitrogens with one attached hydrogen (secondary N) is 1. The van der Waals surface area contributed by atoms with Crippen LogP contribution in [-0.4, -0.2) is 28.0 Å². The summed E-state index contributed by atoms with van der Waals surface area (Å²) < 4.78 is 0. The van der Waals surface area contributed by atoms with Crippen molar-refractivity contribution >= 4 is 28.2 Å². The predicted octanol–water partition coefficient (Wildman–Crippen LogP) is 3.93. The Morgan fingerprint density at radius 3 is 2.85 bits per heavy atom. The van der Waals surface area contributed by atoms with Crippen LogP contribution in [0.25, 0.3) is 10.9 Å². The van der Waals surface area contributed by atoms with Gasteiger partial charge in [0.1, 0.15) is 17.5 Å². The number of benzene rings is 1. The number of nitrogens with two attached hydrogens (primary N) is 1. The van der Waals surface area contributed by atoms with Crippen molar-refractivity contribution < 1.29 is 0 Å². The molecule has 4 rings (SSSR count). The third-order valence-electron chi connectivity index (χ3n) is 5.19. The number of pyridine rings is 1. The summed E-state index contributed by atoms with van der Waals surface area (Å²) >= 11 is 0. The summed E-state index contributed by atoms with van der Waals surface area (Å²) in [7, 11) is 0. The molecule has 0 aliphatic carbocycles. The smallest absolute Gasteiger partial charge is 0.138 e. The van der Waals surface area contributed by atoms with Crippen LogP contribution in [0.4, 0.5) is 17.3 Å². The lowest BCUT2D eigenvalue weighted by Gasteiger charge is -2.20. The molecular formula is C21H26N6. The molecule has 140 valence electrons. The van der Waals surface area contributed by atoms with E-state index in [1.54, 1.807) is 0 Å². The van der Waals surface area contributed by atoms with Crippen molar-refractivity contribution in [3.63, 3.8) is 0 Å². The van der Waals surface area contributed by atoms with Gasteiger partial charge in [-0.1, -0.05) is 19.1 Å². The third kappa shape index (κ3) is 3.65. The molecule has 0 amide bonds. The molecule has 1 aromatic carbocycles. The molecule has 0 saturated carbocycles. The Labute approximate surface area is 159 Å². The predicted molar refractivity (Wildman–Crippen MR) is 111 cm³/mol. The quantitative estimate of drug-likeness (QED) is 0.685. The first-order valence-electron chi connectivity index (χ1n) is 9.51. The van der Waals surface area contributed by atoms with Crippen molar-refractivity contribution in [1.82, 2.24) is 15.0 Å². The summed E-state index contributed by atoms with van der Waals surface area (Å²) in [5.41, 5.74) is 8.69. The van der Waals surface area contributed by atoms with Gasteiger partial charge in [0.2, 0.25) is 0 Å². The first-order chi connectivity index (χ1) is 13.0. The van der Waals surface area contributed by atoms with Crippen molar-refractivity contribution in [1.29, 1.82) is 0 Å². The number of hydrogen-bond donors (Lipinski definition) is 2. The molecule has 6 heteroatoms. The number of anilines is 3. The second-order valence-corrected chi connectivity index (χ2v) is 7.56. The van der Waals surface area contributed by atoms with Crippen LogP contribution in [0, 0.1) is 12.8 Å². The van der Waals surface area contributed by atoms with Gasteiger partial charge >= 0.3 is 0 Å². The van der Waals surface area contributed by atoms with E-state index in [2.05, 4.69) is 51.1 Å². The normalized spacial score (nSPS) is 18.0. The van der Waals surface area contributed by atoms with E-state index >= 15 is 0 Å². The molecule has 2 aromatic heterocycles. The Kier molecular flexibility index (Phi) is 4.56. The Balaban J connectivity index is 1.70. The van der Waals surface area contributed by atoms with E-state index in [1.165, 1.54) is 6.42 Å². The highest BCUT2D eigenvalue weighted by Gasteiger charge is 2.21. The number of aryl methyl sites for hydroxylation is 1. The molecule has 1 fully saturated rings. The van der Waals surface area contributed by atoms with Crippen LogP contribution in [0.1, 0.15) is 37.7 Å². The van der Waals surface area contributed by atoms with Crippen LogP contribution in [0.15, 0.2) is 36.5 Å². The number of aromatic nitrogens is 3. The summed E-state index contributed by atoms with van der Waals surface area (Å²) in [6, 6.07) is 10.1. The minimum Gasteiger partial charge on any atom is -0.399 e. The summed E-state index contributed by atoms with van der Waals surface area (Å²) in [4.78, 5) is 16.2. The van der Waals surface area contributed by atoms with Gasteiger partial charge in [-0.25, -0.2) is 15.0 Å². The van der Waals surface area contributed by atoms with Gasteiger partial charge in [-0.15, -0.1) is 0 Å². The van der Waals surface area contributed by atoms with Crippen molar-refractivity contribution in [2.24, 2.45) is 5.92 Å². The van der Waals surface area contributed by atoms with Crippen LogP contribution >= 0.6 is 0 Å². The fraction of sp³-hybridized carbons (Fsp3) is 0.381. The lowest BCUT2D eigenvalue weighted by atomic mass is 10.1. The van der Waals surface area contributed by atoms with E-state index in [1.807, 2.05) is 31.3 Å². The molecular weight excluding hydrogens is 336 g/mol. The summed E-state index contributed by atoms with van der Waals surface area (Å²) in [5.74, 6) is 3.27. The summed E-state index contributed by atoms with van der Waals surface area (Å²) in [5, 5.41) is 4.54. The fourth-order valence-corrected chi connectivity index (χ4v) is 3.68. The standard InChI is InChI=1S/C21H26N6/c1-13-7-8-27(12-13)20-10-18-19(11-23-20)25-15(3)26-21(18)24-14(2)16-5-4-6-17(22)9-16/h4-6,9-11,13-14H,7-8,12,22H2,1-3H3,(H,24,25,26)/t13-,14+/m1/s1. The highest BCUT2D eigenvalue weighted by Crippen LogP contribution is 2.29. The first-order valence-corrected chi connectivity index (χ1v) is 9.51. The van der Waals surface area contributed by atoms with Crippen LogP contribution in [0.2, 0.25) is 0 Å². The molecule has 1 aliphatic rings. The van der Waals surface area contributed by atoms with Gasteiger partial charge < -0.3 is 16.0 Å². The molecule has 0 unspecified atom stereocenters. The van der Waals surface area contributed by atoms with E-state index < -0.39 is 0 Å². The number of nitrogens with zero attached hydrogens (tertiary/aromatic N) is 4. The topological polar surface area (TPSA) is 80.0 Å². The molecule has 3 N–H and O–H groups in total. The van der Waals surface area contributed by atoms with Crippen LogP contribution < -0.4 is 16.0 Å². The molecule has 1 saturated heterocycles. The number of hydrogen-bond acceptors (Lipinski definition) is 6. The van der Waals surface area contributed by atoms with Gasteiger partial charge in [0.05, 0.1) is 17.8 Å². The van der Waals surface area contributed by atoms with Crippen molar-refractivity contribution in [3.8, 4) is 0 Å². The second-order valence-electron chi connectivity index (χ2n) is 7.56. The van der Waals surface area contributed by atoms with Gasteiger partial charge in [0, 0.05) is 24.2 Å². The Morgan fingerprint density at radius 1 is 1.26 bits per heavy atom. The largest absolute Gasteiger partial charge is 0.399 e. The van der Waals surface area contributed by atoms with Crippen molar-refractivity contribution in [2.75, 3.05) is 29.0 Å². The van der Waals surface area contributed by atoms with E-state index in [0.29, 0.717) is 5.92 Å². The van der Waals surface area contributed by atoms with Gasteiger partial charge in [-0.2, -0.15) is 0 Å². The van der Waals surface area contributed by atoms with Crippen molar-refractivity contribution in [2.45, 2.75) is 33.2 Å². The monoisotopic (exact) mass is 362 g/mol. The van der Waals surface area contributed by atoms with Crippen molar-refractivity contribution in [3.05, 3.63) is 47.9 Å². The van der Waals surface area contributed by atoms with E-state index in [9.17, 15) is 0 Å². The maximum atomic E-state index is 5.94. The highest BCUT2D eigenvalue weighted by atomic mass is 15.2. The second kappa shape index (κ2) is 7.02. The molecule has 3 aromatic rings. The number of nitrogen functional groups attached to an aromatic ring is 1. The lowest BCUT2D eigenvalue weighted by molar-refractivity contribution is 0.659. The zero-order chi connectivity index (χ0) is 19.0. The molecule has 0 bridgehead atoms. The molecule has 6 nitrogen and oxygen atoms in total. The summed E-state index contributed by atoms with van der Waals surface area (Å²) in [6.07, 6.45) is 3.07. The van der Waals surface area contributed by atoms with E-state index in [0.717, 1.165) is 52.7 Å². The molecule has 3 heterocycles. The molecule has 27 heavy (non-hydrogen) atoms. The Morgan fingerprint density at radius 2 is 2.11 bits per heavy atom. The van der Waals surface area contributed by atoms with E-state index in [-0.39, 0.29) is 6.04 Å². The Hall–Kier alpha value is -2.89. The zero-order valence-corrected chi connectivity index (χ0v) is 16.1. The van der Waals surface area contributed by atoms with Crippen LogP contribution in [0.5, 0.6) is 0 Å². The molecule has 0 radical (unpaired) electrons. The maximum Gasteiger partial charge on any atom is 0.138 e. The lowest BCUT2D eigenvalue weighted by Crippen LogP contribution is -2.20. The molecule has 0 spiro atoms. The zero-order valence-electron chi connectivity index (χ0n) is 16.1. The number of fused-ring (bicyclic) bond motifs is 1. The van der Waals surface area contributed by atoms with Gasteiger partial charge in [0.25, 0.3) is 0 Å².